The Labute approximate surface area is 374 Å². The van der Waals surface area contributed by atoms with Gasteiger partial charge in [-0.3, -0.25) is 19.2 Å². The van der Waals surface area contributed by atoms with Crippen LogP contribution in [0.4, 0.5) is 13.2 Å². The highest BCUT2D eigenvalue weighted by Crippen LogP contribution is 2.35. The van der Waals surface area contributed by atoms with E-state index in [2.05, 4.69) is 15.6 Å². The third-order valence-corrected chi connectivity index (χ3v) is 12.0. The van der Waals surface area contributed by atoms with Gasteiger partial charge in [-0.1, -0.05) is 41.4 Å². The normalized spacial score (nSPS) is 22.1. The fourth-order valence-electron chi connectivity index (χ4n) is 8.22. The van der Waals surface area contributed by atoms with Crippen molar-refractivity contribution in [1.29, 1.82) is 0 Å². The summed E-state index contributed by atoms with van der Waals surface area (Å²) in [6.45, 7) is 2.87. The van der Waals surface area contributed by atoms with E-state index in [-0.39, 0.29) is 36.8 Å². The maximum Gasteiger partial charge on any atom is 0.389 e. The molecule has 6 rings (SSSR count). The van der Waals surface area contributed by atoms with Crippen LogP contribution >= 0.6 is 23.2 Å². The molecule has 4 aromatic rings. The number of alkyl halides is 3. The largest absolute Gasteiger partial charge is 0.457 e. The summed E-state index contributed by atoms with van der Waals surface area (Å²) < 4.78 is 51.2. The Morgan fingerprint density at radius 1 is 1.00 bits per heavy atom. The van der Waals surface area contributed by atoms with E-state index in [0.717, 1.165) is 27.5 Å². The summed E-state index contributed by atoms with van der Waals surface area (Å²) in [6, 6.07) is 15.7. The molecule has 3 N–H and O–H groups in total. The van der Waals surface area contributed by atoms with Crippen LogP contribution in [0.15, 0.2) is 72.9 Å². The van der Waals surface area contributed by atoms with Crippen LogP contribution in [-0.2, 0) is 45.7 Å². The SMILES string of the molecule is C[C@@H](O)[C@@H]1NC(=O)[C@H](C)N(Cc2ccc(Cl)cc2Oc2ccc(-c3cnc(CN(C)C)n3C)cc2)C(=O)C[C@@H](CC(F)(F)F)C(=O)N2CCC[C@@](Cc3ccc(Cl)cc3)(C2)NC1=O. The van der Waals surface area contributed by atoms with E-state index in [1.54, 1.807) is 48.7 Å². The van der Waals surface area contributed by atoms with Crippen LogP contribution in [0.3, 0.4) is 0 Å². The minimum atomic E-state index is -4.83. The van der Waals surface area contributed by atoms with Crippen molar-refractivity contribution in [3.05, 3.63) is 99.9 Å². The molecule has 0 unspecified atom stereocenters. The van der Waals surface area contributed by atoms with Crippen molar-refractivity contribution in [2.45, 2.75) is 88.9 Å². The number of halogens is 5. The van der Waals surface area contributed by atoms with Gasteiger partial charge in [-0.05, 0) is 101 Å². The van der Waals surface area contributed by atoms with Crippen molar-refractivity contribution in [2.24, 2.45) is 13.0 Å². The predicted octanol–water partition coefficient (Wildman–Crippen LogP) is 6.52. The van der Waals surface area contributed by atoms with Gasteiger partial charge in [0, 0.05) is 47.7 Å². The fourth-order valence-corrected chi connectivity index (χ4v) is 8.51. The van der Waals surface area contributed by atoms with E-state index in [9.17, 15) is 37.5 Å². The first-order valence-electron chi connectivity index (χ1n) is 20.6. The number of hydrogen-bond donors (Lipinski definition) is 3. The monoisotopic (exact) mass is 913 g/mol. The number of benzene rings is 3. The topological polar surface area (TPSA) is 149 Å². The first-order valence-corrected chi connectivity index (χ1v) is 21.4. The third kappa shape index (κ3) is 11.9. The summed E-state index contributed by atoms with van der Waals surface area (Å²) in [6.07, 6.45) is -6.13. The summed E-state index contributed by atoms with van der Waals surface area (Å²) in [5, 5.41) is 17.2. The second kappa shape index (κ2) is 19.7. The molecule has 0 saturated carbocycles. The van der Waals surface area contributed by atoms with Crippen molar-refractivity contribution in [3.8, 4) is 22.8 Å². The van der Waals surface area contributed by atoms with Gasteiger partial charge < -0.3 is 39.7 Å². The highest BCUT2D eigenvalue weighted by molar-refractivity contribution is 6.31. The smallest absolute Gasteiger partial charge is 0.389 e. The van der Waals surface area contributed by atoms with Crippen LogP contribution in [0.5, 0.6) is 11.5 Å². The molecule has 0 spiro atoms. The van der Waals surface area contributed by atoms with E-state index in [1.807, 2.05) is 42.7 Å². The highest BCUT2D eigenvalue weighted by atomic mass is 35.5. The molecule has 18 heteroatoms. The molecule has 2 saturated heterocycles. The number of nitrogens with zero attached hydrogens (tertiary/aromatic N) is 5. The number of hydrogen-bond acceptors (Lipinski definition) is 8. The molecule has 0 aliphatic carbocycles. The summed E-state index contributed by atoms with van der Waals surface area (Å²) in [7, 11) is 5.84. The molecule has 3 heterocycles. The number of aliphatic hydroxyl groups excluding tert-OH is 1. The maximum atomic E-state index is 14.5. The average molecular weight is 915 g/mol. The number of nitrogens with one attached hydrogen (secondary N) is 2. The third-order valence-electron chi connectivity index (χ3n) is 11.5. The van der Waals surface area contributed by atoms with Crippen LogP contribution in [-0.4, -0.2) is 110 Å². The molecule has 4 amide bonds. The van der Waals surface area contributed by atoms with Crippen LogP contribution in [0.2, 0.25) is 10.0 Å². The van der Waals surface area contributed by atoms with Gasteiger partial charge in [0.2, 0.25) is 23.6 Å². The van der Waals surface area contributed by atoms with E-state index >= 15 is 0 Å². The molecule has 2 aliphatic heterocycles. The summed E-state index contributed by atoms with van der Waals surface area (Å²) in [5.41, 5.74) is 1.60. The number of aliphatic hydroxyl groups is 1. The Hall–Kier alpha value is -5.16. The van der Waals surface area contributed by atoms with Gasteiger partial charge in [0.1, 0.15) is 29.4 Å². The van der Waals surface area contributed by atoms with E-state index in [4.69, 9.17) is 27.9 Å². The molecule has 2 fully saturated rings. The van der Waals surface area contributed by atoms with Gasteiger partial charge in [-0.15, -0.1) is 0 Å². The Morgan fingerprint density at radius 3 is 2.33 bits per heavy atom. The first kappa shape index (κ1) is 47.3. The minimum absolute atomic E-state index is 0.0856. The van der Waals surface area contributed by atoms with Crippen LogP contribution in [0.25, 0.3) is 11.3 Å². The number of piperidine rings is 1. The molecule has 63 heavy (non-hydrogen) atoms. The summed E-state index contributed by atoms with van der Waals surface area (Å²) in [4.78, 5) is 65.9. The van der Waals surface area contributed by atoms with Gasteiger partial charge in [-0.2, -0.15) is 13.2 Å². The molecular formula is C45H52Cl2F3N7O6. The Balaban J connectivity index is 1.33. The zero-order chi connectivity index (χ0) is 45.8. The number of amides is 4. The Bertz CT molecular complexity index is 2290. The summed E-state index contributed by atoms with van der Waals surface area (Å²) in [5.74, 6) is -3.85. The number of aromatic nitrogens is 2. The minimum Gasteiger partial charge on any atom is -0.457 e. The quantitative estimate of drug-likeness (QED) is 0.154. The Morgan fingerprint density at radius 2 is 1.68 bits per heavy atom. The zero-order valence-corrected chi connectivity index (χ0v) is 37.2. The lowest BCUT2D eigenvalue weighted by Gasteiger charge is -2.45. The molecular weight excluding hydrogens is 862 g/mol. The van der Waals surface area contributed by atoms with Crippen molar-refractivity contribution in [1.82, 2.24) is 34.9 Å². The number of carbonyl (C=O) groups excluding carboxylic acids is 4. The van der Waals surface area contributed by atoms with Crippen LogP contribution < -0.4 is 15.4 Å². The lowest BCUT2D eigenvalue weighted by atomic mass is 9.81. The summed E-state index contributed by atoms with van der Waals surface area (Å²) >= 11 is 12.5. The van der Waals surface area contributed by atoms with Gasteiger partial charge in [-0.25, -0.2) is 4.98 Å². The van der Waals surface area contributed by atoms with Gasteiger partial charge >= 0.3 is 6.18 Å². The first-order chi connectivity index (χ1) is 29.7. The highest BCUT2D eigenvalue weighted by Gasteiger charge is 2.46. The number of rotatable bonds is 11. The van der Waals surface area contributed by atoms with E-state index < -0.39 is 72.3 Å². The molecule has 3 aromatic carbocycles. The number of ether oxygens (including phenoxy) is 1. The average Bonchev–Trinajstić information content (AvgIpc) is 3.57. The molecule has 2 aliphatic rings. The Kier molecular flexibility index (Phi) is 14.8. The van der Waals surface area contributed by atoms with Crippen molar-refractivity contribution in [3.63, 3.8) is 0 Å². The number of fused-ring (bicyclic) bond motifs is 2. The predicted molar refractivity (Wildman–Crippen MR) is 232 cm³/mol. The standard InChI is InChI=1S/C45H52Cl2F3N7O6/c1-27-41(60)52-40(28(2)58)42(61)53-44(21-29-7-12-33(46)13-8-29)17-6-18-56(26-44)43(62)32(22-45(48,49)50)19-39(59)57(27)24-31-9-14-34(47)20-37(31)63-35-15-10-30(11-16-35)36-23-51-38(55(36)5)25-54(3)4/h7-16,20,23,27-28,32,40,58H,6,17-19,21-22,24-26H2,1-5H3,(H,52,60)(H,53,61)/t27-,28+,32-,40-,44+/m0/s1. The molecule has 13 nitrogen and oxygen atoms in total. The maximum absolute atomic E-state index is 14.5. The number of carbonyl (C=O) groups is 4. The molecule has 1 aromatic heterocycles. The van der Waals surface area contributed by atoms with Gasteiger partial charge in [0.25, 0.3) is 0 Å². The fraction of sp³-hybridized carbons (Fsp3) is 0.444. The molecule has 0 radical (unpaired) electrons. The molecule has 338 valence electrons. The van der Waals surface area contributed by atoms with Crippen LogP contribution in [0, 0.1) is 5.92 Å². The molecule has 2 bridgehead atoms. The second-order valence-electron chi connectivity index (χ2n) is 16.8. The van der Waals surface area contributed by atoms with Gasteiger partial charge in [0.15, 0.2) is 0 Å². The van der Waals surface area contributed by atoms with Crippen LogP contribution in [0.1, 0.15) is 56.5 Å². The van der Waals surface area contributed by atoms with E-state index in [0.29, 0.717) is 35.7 Å². The van der Waals surface area contributed by atoms with Gasteiger partial charge in [0.05, 0.1) is 49.0 Å². The van der Waals surface area contributed by atoms with Crippen molar-refractivity contribution in [2.75, 3.05) is 27.2 Å². The number of imidazole rings is 1. The lowest BCUT2D eigenvalue weighted by molar-refractivity contribution is -0.164. The van der Waals surface area contributed by atoms with Crippen molar-refractivity contribution < 1.29 is 42.2 Å². The lowest BCUT2D eigenvalue weighted by Crippen LogP contribution is -2.66. The van der Waals surface area contributed by atoms with E-state index in [1.165, 1.54) is 30.9 Å². The second-order valence-corrected chi connectivity index (χ2v) is 17.7. The zero-order valence-electron chi connectivity index (χ0n) is 35.7. The van der Waals surface area contributed by atoms with Crippen molar-refractivity contribution >= 4 is 46.8 Å². The molecule has 5 atom stereocenters.